The summed E-state index contributed by atoms with van der Waals surface area (Å²) >= 11 is 0. The lowest BCUT2D eigenvalue weighted by Crippen LogP contribution is -2.60. The van der Waals surface area contributed by atoms with E-state index in [2.05, 4.69) is 0 Å². The fraction of sp³-hybridized carbons (Fsp3) is 1.00. The molecule has 22 heavy (non-hydrogen) atoms. The molecule has 134 valence electrons. The zero-order valence-electron chi connectivity index (χ0n) is 11.7. The van der Waals surface area contributed by atoms with Crippen LogP contribution in [0.4, 0.5) is 39.5 Å². The number of alkyl halides is 9. The van der Waals surface area contributed by atoms with Crippen LogP contribution in [0, 0.1) is 0 Å². The number of aliphatic hydroxyl groups is 1. The van der Waals surface area contributed by atoms with Gasteiger partial charge < -0.3 is 5.11 Å². The van der Waals surface area contributed by atoms with Gasteiger partial charge in [-0.15, -0.1) is 0 Å². The highest BCUT2D eigenvalue weighted by molar-refractivity contribution is 5.00. The molecule has 1 nitrogen and oxygen atoms in total. The molecule has 0 saturated heterocycles. The van der Waals surface area contributed by atoms with Gasteiger partial charge in [-0.05, 0) is 12.8 Å². The smallest absolute Gasteiger partial charge is 0.393 e. The molecule has 0 aliphatic rings. The van der Waals surface area contributed by atoms with E-state index in [1.807, 2.05) is 0 Å². The van der Waals surface area contributed by atoms with Crippen molar-refractivity contribution in [2.75, 3.05) is 0 Å². The zero-order chi connectivity index (χ0) is 17.8. The van der Waals surface area contributed by atoms with Crippen LogP contribution in [0.3, 0.4) is 0 Å². The largest absolute Gasteiger partial charge is 0.460 e. The average molecular weight is 348 g/mol. The maximum absolute atomic E-state index is 13.1. The van der Waals surface area contributed by atoms with Crippen LogP contribution in [-0.4, -0.2) is 35.2 Å². The summed E-state index contributed by atoms with van der Waals surface area (Å²) in [5, 5.41) is 9.28. The van der Waals surface area contributed by atoms with E-state index < -0.39 is 42.9 Å². The van der Waals surface area contributed by atoms with Crippen LogP contribution in [0.2, 0.25) is 0 Å². The first-order chi connectivity index (χ1) is 9.70. The van der Waals surface area contributed by atoms with Crippen LogP contribution >= 0.6 is 0 Å². The number of rotatable bonds is 9. The molecule has 0 heterocycles. The third kappa shape index (κ3) is 4.66. The molecule has 0 aliphatic heterocycles. The molecule has 0 aromatic heterocycles. The molecular weight excluding hydrogens is 331 g/mol. The molecule has 0 aromatic carbocycles. The molecule has 1 unspecified atom stereocenters. The fourth-order valence-corrected chi connectivity index (χ4v) is 1.69. The Morgan fingerprint density at radius 2 is 1.27 bits per heavy atom. The molecule has 0 aliphatic carbocycles. The Balaban J connectivity index is 4.85. The summed E-state index contributed by atoms with van der Waals surface area (Å²) in [6, 6.07) is 0. The monoisotopic (exact) mass is 348 g/mol. The molecule has 0 fully saturated rings. The van der Waals surface area contributed by atoms with Crippen molar-refractivity contribution in [3.05, 3.63) is 0 Å². The minimum atomic E-state index is -6.86. The van der Waals surface area contributed by atoms with Crippen LogP contribution in [0.15, 0.2) is 0 Å². The quantitative estimate of drug-likeness (QED) is 0.450. The first-order valence-electron chi connectivity index (χ1n) is 6.59. The summed E-state index contributed by atoms with van der Waals surface area (Å²) in [5.74, 6) is -19.1. The molecule has 0 spiro atoms. The standard InChI is InChI=1S/C12H17F9O/c1-2-3-4-5-8(22)6-7-9(13,14)10(15,16)11(17,18)12(19,20)21/h8,22H,2-7H2,1H3. The molecule has 1 atom stereocenters. The Morgan fingerprint density at radius 3 is 1.68 bits per heavy atom. The van der Waals surface area contributed by atoms with Gasteiger partial charge in [-0.3, -0.25) is 0 Å². The van der Waals surface area contributed by atoms with Gasteiger partial charge in [0.05, 0.1) is 6.10 Å². The van der Waals surface area contributed by atoms with Crippen molar-refractivity contribution in [1.29, 1.82) is 0 Å². The van der Waals surface area contributed by atoms with E-state index >= 15 is 0 Å². The molecule has 0 saturated carbocycles. The highest BCUT2D eigenvalue weighted by Gasteiger charge is 2.81. The summed E-state index contributed by atoms with van der Waals surface area (Å²) in [5.41, 5.74) is 0. The maximum Gasteiger partial charge on any atom is 0.460 e. The van der Waals surface area contributed by atoms with Gasteiger partial charge in [0.1, 0.15) is 0 Å². The van der Waals surface area contributed by atoms with Gasteiger partial charge >= 0.3 is 23.9 Å². The molecule has 10 heteroatoms. The van der Waals surface area contributed by atoms with E-state index in [1.165, 1.54) is 0 Å². The summed E-state index contributed by atoms with van der Waals surface area (Å²) in [4.78, 5) is 0. The van der Waals surface area contributed by atoms with E-state index in [0.29, 0.717) is 12.8 Å². The van der Waals surface area contributed by atoms with Crippen molar-refractivity contribution in [3.63, 3.8) is 0 Å². The lowest BCUT2D eigenvalue weighted by Gasteiger charge is -2.34. The highest BCUT2D eigenvalue weighted by atomic mass is 19.4. The van der Waals surface area contributed by atoms with Crippen molar-refractivity contribution < 1.29 is 44.6 Å². The van der Waals surface area contributed by atoms with E-state index in [1.54, 1.807) is 6.92 Å². The van der Waals surface area contributed by atoms with Crippen molar-refractivity contribution in [1.82, 2.24) is 0 Å². The van der Waals surface area contributed by atoms with E-state index in [-0.39, 0.29) is 6.42 Å². The van der Waals surface area contributed by atoms with Gasteiger partial charge in [-0.2, -0.15) is 39.5 Å². The second-order valence-corrected chi connectivity index (χ2v) is 5.04. The number of aliphatic hydroxyl groups excluding tert-OH is 1. The molecule has 1 N–H and O–H groups in total. The predicted molar refractivity (Wildman–Crippen MR) is 60.3 cm³/mol. The predicted octanol–water partition coefficient (Wildman–Crippen LogP) is 5.18. The lowest BCUT2D eigenvalue weighted by atomic mass is 9.96. The normalized spacial score (nSPS) is 16.0. The van der Waals surface area contributed by atoms with Crippen LogP contribution in [0.25, 0.3) is 0 Å². The van der Waals surface area contributed by atoms with Crippen molar-refractivity contribution in [3.8, 4) is 0 Å². The number of hydrogen-bond acceptors (Lipinski definition) is 1. The topological polar surface area (TPSA) is 20.2 Å². The molecule has 0 radical (unpaired) electrons. The number of halogens is 9. The lowest BCUT2D eigenvalue weighted by molar-refractivity contribution is -0.397. The number of unbranched alkanes of at least 4 members (excludes halogenated alkanes) is 2. The van der Waals surface area contributed by atoms with Crippen LogP contribution in [-0.2, 0) is 0 Å². The van der Waals surface area contributed by atoms with Gasteiger partial charge in [-0.1, -0.05) is 26.2 Å². The first-order valence-corrected chi connectivity index (χ1v) is 6.59. The Morgan fingerprint density at radius 1 is 0.773 bits per heavy atom. The SMILES string of the molecule is CCCCCC(O)CCC(F)(F)C(F)(F)C(F)(F)C(F)(F)F. The van der Waals surface area contributed by atoms with Gasteiger partial charge in [-0.25, -0.2) is 0 Å². The average Bonchev–Trinajstić information content (AvgIpc) is 2.35. The van der Waals surface area contributed by atoms with Gasteiger partial charge in [0.2, 0.25) is 0 Å². The van der Waals surface area contributed by atoms with Crippen LogP contribution in [0.1, 0.15) is 45.4 Å². The molecular formula is C12H17F9O. The minimum absolute atomic E-state index is 0.0227. The van der Waals surface area contributed by atoms with Crippen molar-refractivity contribution in [2.45, 2.75) is 75.5 Å². The Kier molecular flexibility index (Phi) is 7.05. The minimum Gasteiger partial charge on any atom is -0.393 e. The van der Waals surface area contributed by atoms with Gasteiger partial charge in [0.15, 0.2) is 0 Å². The van der Waals surface area contributed by atoms with Crippen LogP contribution < -0.4 is 0 Å². The molecule has 0 aromatic rings. The van der Waals surface area contributed by atoms with E-state index in [4.69, 9.17) is 0 Å². The summed E-state index contributed by atoms with van der Waals surface area (Å²) in [6.07, 6.45) is -9.50. The van der Waals surface area contributed by atoms with E-state index in [0.717, 1.165) is 6.42 Å². The van der Waals surface area contributed by atoms with Gasteiger partial charge in [0, 0.05) is 6.42 Å². The van der Waals surface area contributed by atoms with Crippen LogP contribution in [0.5, 0.6) is 0 Å². The summed E-state index contributed by atoms with van der Waals surface area (Å²) < 4.78 is 113. The summed E-state index contributed by atoms with van der Waals surface area (Å²) in [6.45, 7) is 1.81. The second kappa shape index (κ2) is 7.27. The molecule has 0 amide bonds. The van der Waals surface area contributed by atoms with Crippen molar-refractivity contribution in [2.24, 2.45) is 0 Å². The number of hydrogen-bond donors (Lipinski definition) is 1. The third-order valence-electron chi connectivity index (χ3n) is 3.14. The molecule has 0 rings (SSSR count). The highest BCUT2D eigenvalue weighted by Crippen LogP contribution is 2.54. The van der Waals surface area contributed by atoms with E-state index in [9.17, 15) is 44.6 Å². The summed E-state index contributed by atoms with van der Waals surface area (Å²) in [7, 11) is 0. The Bertz CT molecular complexity index is 338. The first kappa shape index (κ1) is 21.3. The Labute approximate surface area is 121 Å². The molecule has 0 bridgehead atoms. The second-order valence-electron chi connectivity index (χ2n) is 5.04. The third-order valence-corrected chi connectivity index (χ3v) is 3.14. The van der Waals surface area contributed by atoms with Gasteiger partial charge in [0.25, 0.3) is 0 Å². The zero-order valence-corrected chi connectivity index (χ0v) is 11.7. The fourth-order valence-electron chi connectivity index (χ4n) is 1.69. The maximum atomic E-state index is 13.1. The van der Waals surface area contributed by atoms with Crippen molar-refractivity contribution >= 4 is 0 Å². The Hall–Kier alpha value is -0.670.